The molecule has 1 nitrogen and oxygen atoms in total. The predicted molar refractivity (Wildman–Crippen MR) is 67.6 cm³/mol. The third-order valence-electron chi connectivity index (χ3n) is 3.24. The smallest absolute Gasteiger partial charge is 0.314 e. The second-order valence-corrected chi connectivity index (χ2v) is 4.48. The standard InChI is InChI=1S/C14H20F3N/c1-4-13(10(3)18-5-2)11-6-8-12(9-7-11)14(15,16)17/h6-10,13,18H,4-5H2,1-3H3. The van der Waals surface area contributed by atoms with E-state index in [0.717, 1.165) is 30.7 Å². The molecule has 0 heterocycles. The second-order valence-electron chi connectivity index (χ2n) is 4.48. The number of rotatable bonds is 5. The van der Waals surface area contributed by atoms with Gasteiger partial charge in [-0.3, -0.25) is 0 Å². The molecule has 18 heavy (non-hydrogen) atoms. The monoisotopic (exact) mass is 259 g/mol. The van der Waals surface area contributed by atoms with Gasteiger partial charge in [-0.1, -0.05) is 26.0 Å². The lowest BCUT2D eigenvalue weighted by atomic mass is 9.89. The van der Waals surface area contributed by atoms with E-state index in [2.05, 4.69) is 19.2 Å². The first kappa shape index (κ1) is 15.0. The van der Waals surface area contributed by atoms with E-state index < -0.39 is 11.7 Å². The van der Waals surface area contributed by atoms with Crippen LogP contribution in [0.25, 0.3) is 0 Å². The van der Waals surface area contributed by atoms with Crippen molar-refractivity contribution in [3.05, 3.63) is 35.4 Å². The number of hydrogen-bond donors (Lipinski definition) is 1. The van der Waals surface area contributed by atoms with Gasteiger partial charge >= 0.3 is 6.18 Å². The van der Waals surface area contributed by atoms with Crippen LogP contribution in [-0.4, -0.2) is 12.6 Å². The Balaban J connectivity index is 2.88. The zero-order valence-electron chi connectivity index (χ0n) is 11.0. The van der Waals surface area contributed by atoms with Gasteiger partial charge in [-0.2, -0.15) is 13.2 Å². The van der Waals surface area contributed by atoms with E-state index in [-0.39, 0.29) is 12.0 Å². The van der Waals surface area contributed by atoms with Crippen molar-refractivity contribution in [1.29, 1.82) is 0 Å². The first-order valence-electron chi connectivity index (χ1n) is 6.30. The maximum Gasteiger partial charge on any atom is 0.416 e. The highest BCUT2D eigenvalue weighted by Crippen LogP contribution is 2.31. The summed E-state index contributed by atoms with van der Waals surface area (Å²) in [6.07, 6.45) is -3.35. The Bertz CT molecular complexity index is 356. The number of nitrogens with one attached hydrogen (secondary N) is 1. The largest absolute Gasteiger partial charge is 0.416 e. The predicted octanol–water partition coefficient (Wildman–Crippen LogP) is 4.20. The molecule has 0 aliphatic carbocycles. The van der Waals surface area contributed by atoms with Crippen molar-refractivity contribution in [3.8, 4) is 0 Å². The van der Waals surface area contributed by atoms with Crippen molar-refractivity contribution in [1.82, 2.24) is 5.32 Å². The van der Waals surface area contributed by atoms with Crippen LogP contribution in [0.2, 0.25) is 0 Å². The van der Waals surface area contributed by atoms with Crippen LogP contribution in [0.1, 0.15) is 44.2 Å². The molecular weight excluding hydrogens is 239 g/mol. The summed E-state index contributed by atoms with van der Waals surface area (Å²) in [5.74, 6) is 0.243. The molecule has 0 aliphatic heterocycles. The first-order valence-corrected chi connectivity index (χ1v) is 6.30. The third-order valence-corrected chi connectivity index (χ3v) is 3.24. The first-order chi connectivity index (χ1) is 8.40. The van der Waals surface area contributed by atoms with E-state index in [1.54, 1.807) is 12.1 Å². The molecule has 1 N–H and O–H groups in total. The molecule has 1 rings (SSSR count). The number of halogens is 3. The molecule has 102 valence electrons. The fraction of sp³-hybridized carbons (Fsp3) is 0.571. The summed E-state index contributed by atoms with van der Waals surface area (Å²) in [6.45, 7) is 7.00. The van der Waals surface area contributed by atoms with Gasteiger partial charge in [0, 0.05) is 6.04 Å². The van der Waals surface area contributed by atoms with E-state index in [4.69, 9.17) is 0 Å². The molecule has 4 heteroatoms. The summed E-state index contributed by atoms with van der Waals surface area (Å²) in [4.78, 5) is 0. The summed E-state index contributed by atoms with van der Waals surface area (Å²) in [5.41, 5.74) is 0.371. The maximum absolute atomic E-state index is 12.5. The van der Waals surface area contributed by atoms with Crippen molar-refractivity contribution >= 4 is 0 Å². The Morgan fingerprint density at radius 3 is 2.06 bits per heavy atom. The lowest BCUT2D eigenvalue weighted by Crippen LogP contribution is -2.31. The zero-order chi connectivity index (χ0) is 13.8. The molecule has 1 aromatic carbocycles. The summed E-state index contributed by atoms with van der Waals surface area (Å²) in [7, 11) is 0. The molecular formula is C14H20F3N. The fourth-order valence-electron chi connectivity index (χ4n) is 2.26. The minimum absolute atomic E-state index is 0.243. The Labute approximate surface area is 106 Å². The second kappa shape index (κ2) is 6.23. The van der Waals surface area contributed by atoms with Crippen LogP contribution in [-0.2, 0) is 6.18 Å². The van der Waals surface area contributed by atoms with Gasteiger partial charge in [-0.05, 0) is 43.5 Å². The molecule has 0 aromatic heterocycles. The van der Waals surface area contributed by atoms with Crippen LogP contribution in [0.15, 0.2) is 24.3 Å². The number of likely N-dealkylation sites (N-methyl/N-ethyl adjacent to an activating group) is 1. The van der Waals surface area contributed by atoms with Crippen LogP contribution in [0, 0.1) is 0 Å². The molecule has 0 radical (unpaired) electrons. The topological polar surface area (TPSA) is 12.0 Å². The highest BCUT2D eigenvalue weighted by molar-refractivity contribution is 5.28. The molecule has 0 amide bonds. The van der Waals surface area contributed by atoms with Crippen LogP contribution in [0.4, 0.5) is 13.2 Å². The van der Waals surface area contributed by atoms with Gasteiger partial charge in [0.15, 0.2) is 0 Å². The van der Waals surface area contributed by atoms with E-state index >= 15 is 0 Å². The fourth-order valence-corrected chi connectivity index (χ4v) is 2.26. The lowest BCUT2D eigenvalue weighted by Gasteiger charge is -2.24. The molecule has 2 unspecified atom stereocenters. The van der Waals surface area contributed by atoms with Crippen molar-refractivity contribution in [2.45, 2.75) is 45.3 Å². The van der Waals surface area contributed by atoms with Crippen LogP contribution >= 0.6 is 0 Å². The van der Waals surface area contributed by atoms with Gasteiger partial charge in [0.1, 0.15) is 0 Å². The highest BCUT2D eigenvalue weighted by Gasteiger charge is 2.30. The summed E-state index contributed by atoms with van der Waals surface area (Å²) < 4.78 is 37.4. The molecule has 0 saturated carbocycles. The quantitative estimate of drug-likeness (QED) is 0.835. The molecule has 2 atom stereocenters. The summed E-state index contributed by atoms with van der Waals surface area (Å²) in [6, 6.07) is 5.76. The Morgan fingerprint density at radius 2 is 1.67 bits per heavy atom. The normalized spacial score (nSPS) is 15.4. The Morgan fingerprint density at radius 1 is 1.11 bits per heavy atom. The average Bonchev–Trinajstić information content (AvgIpc) is 2.30. The van der Waals surface area contributed by atoms with E-state index in [0.29, 0.717) is 0 Å². The summed E-state index contributed by atoms with van der Waals surface area (Å²) >= 11 is 0. The maximum atomic E-state index is 12.5. The Kier molecular flexibility index (Phi) is 5.20. The average molecular weight is 259 g/mol. The minimum atomic E-state index is -4.26. The highest BCUT2D eigenvalue weighted by atomic mass is 19.4. The molecule has 1 aromatic rings. The Hall–Kier alpha value is -1.03. The van der Waals surface area contributed by atoms with E-state index in [1.165, 1.54) is 0 Å². The molecule has 0 fully saturated rings. The van der Waals surface area contributed by atoms with Gasteiger partial charge in [0.05, 0.1) is 5.56 Å². The number of alkyl halides is 3. The molecule has 0 spiro atoms. The van der Waals surface area contributed by atoms with Crippen LogP contribution in [0.3, 0.4) is 0 Å². The SMILES string of the molecule is CCNC(C)C(CC)c1ccc(C(F)(F)F)cc1. The third kappa shape index (κ3) is 3.73. The zero-order valence-corrected chi connectivity index (χ0v) is 11.0. The number of benzene rings is 1. The van der Waals surface area contributed by atoms with Crippen molar-refractivity contribution in [2.75, 3.05) is 6.54 Å². The van der Waals surface area contributed by atoms with Crippen molar-refractivity contribution in [3.63, 3.8) is 0 Å². The molecule has 0 saturated heterocycles. The summed E-state index contributed by atoms with van der Waals surface area (Å²) in [5, 5.41) is 3.32. The van der Waals surface area contributed by atoms with E-state index in [1.807, 2.05) is 6.92 Å². The van der Waals surface area contributed by atoms with Gasteiger partial charge in [-0.15, -0.1) is 0 Å². The minimum Gasteiger partial charge on any atom is -0.314 e. The van der Waals surface area contributed by atoms with Gasteiger partial charge in [-0.25, -0.2) is 0 Å². The van der Waals surface area contributed by atoms with Crippen LogP contribution in [0.5, 0.6) is 0 Å². The van der Waals surface area contributed by atoms with Gasteiger partial charge in [0.2, 0.25) is 0 Å². The lowest BCUT2D eigenvalue weighted by molar-refractivity contribution is -0.137. The molecule has 0 bridgehead atoms. The molecule has 0 aliphatic rings. The van der Waals surface area contributed by atoms with Gasteiger partial charge < -0.3 is 5.32 Å². The van der Waals surface area contributed by atoms with Crippen molar-refractivity contribution < 1.29 is 13.2 Å². The number of hydrogen-bond acceptors (Lipinski definition) is 1. The van der Waals surface area contributed by atoms with E-state index in [9.17, 15) is 13.2 Å². The van der Waals surface area contributed by atoms with Crippen molar-refractivity contribution in [2.24, 2.45) is 0 Å². The van der Waals surface area contributed by atoms with Crippen LogP contribution < -0.4 is 5.32 Å². The van der Waals surface area contributed by atoms with Gasteiger partial charge in [0.25, 0.3) is 0 Å².